The van der Waals surface area contributed by atoms with Crippen molar-refractivity contribution in [2.45, 2.75) is 57.2 Å². The van der Waals surface area contributed by atoms with Gasteiger partial charge in [-0.25, -0.2) is 17.6 Å². The Kier molecular flexibility index (Phi) is 5.44. The minimum Gasteiger partial charge on any atom is -0.444 e. The van der Waals surface area contributed by atoms with Crippen molar-refractivity contribution in [3.63, 3.8) is 0 Å². The Morgan fingerprint density at radius 3 is 2.40 bits per heavy atom. The van der Waals surface area contributed by atoms with Crippen LogP contribution in [-0.4, -0.2) is 54.5 Å². The van der Waals surface area contributed by atoms with Crippen molar-refractivity contribution >= 4 is 16.1 Å². The number of rotatable bonds is 2. The van der Waals surface area contributed by atoms with E-state index in [-0.39, 0.29) is 24.0 Å². The molecular formula is C17H25FN2O4S. The van der Waals surface area contributed by atoms with E-state index in [9.17, 15) is 17.6 Å². The molecule has 1 aliphatic rings. The summed E-state index contributed by atoms with van der Waals surface area (Å²) < 4.78 is 45.8. The van der Waals surface area contributed by atoms with Crippen molar-refractivity contribution in [3.05, 3.63) is 30.1 Å². The van der Waals surface area contributed by atoms with Gasteiger partial charge in [0.2, 0.25) is 10.0 Å². The number of sulfonamides is 1. The molecule has 1 heterocycles. The van der Waals surface area contributed by atoms with Crippen LogP contribution in [0.4, 0.5) is 9.18 Å². The standard InChI is InChI=1S/C17H25FN2O4S/c1-12-11-20(25(22,23)15-8-6-7-14(18)9-15)13(2)10-19(12)16(21)24-17(3,4)5/h6-9,12-13H,10-11H2,1-5H3/t12-,13+/m0/s1. The second-order valence-electron chi connectivity index (χ2n) is 7.36. The predicted octanol–water partition coefficient (Wildman–Crippen LogP) is 2.84. The van der Waals surface area contributed by atoms with Gasteiger partial charge in [-0.15, -0.1) is 0 Å². The molecule has 2 rings (SSSR count). The van der Waals surface area contributed by atoms with Gasteiger partial charge in [0.1, 0.15) is 11.4 Å². The highest BCUT2D eigenvalue weighted by molar-refractivity contribution is 7.89. The summed E-state index contributed by atoms with van der Waals surface area (Å²) in [6, 6.07) is 4.15. The molecule has 1 amide bonds. The Morgan fingerprint density at radius 1 is 1.20 bits per heavy atom. The molecule has 0 unspecified atom stereocenters. The van der Waals surface area contributed by atoms with E-state index in [2.05, 4.69) is 0 Å². The summed E-state index contributed by atoms with van der Waals surface area (Å²) in [6.07, 6.45) is -0.463. The number of hydrogen-bond acceptors (Lipinski definition) is 4. The normalized spacial score (nSPS) is 22.7. The summed E-state index contributed by atoms with van der Waals surface area (Å²) in [5.41, 5.74) is -0.620. The number of carbonyl (C=O) groups is 1. The summed E-state index contributed by atoms with van der Waals surface area (Å²) in [4.78, 5) is 13.8. The van der Waals surface area contributed by atoms with E-state index in [0.29, 0.717) is 0 Å². The lowest BCUT2D eigenvalue weighted by atomic mass is 10.1. The van der Waals surface area contributed by atoms with E-state index < -0.39 is 33.6 Å². The van der Waals surface area contributed by atoms with Crippen molar-refractivity contribution in [2.75, 3.05) is 13.1 Å². The number of nitrogens with zero attached hydrogens (tertiary/aromatic N) is 2. The monoisotopic (exact) mass is 372 g/mol. The largest absolute Gasteiger partial charge is 0.444 e. The Morgan fingerprint density at radius 2 is 1.84 bits per heavy atom. The molecular weight excluding hydrogens is 347 g/mol. The number of halogens is 1. The van der Waals surface area contributed by atoms with Gasteiger partial charge in [-0.05, 0) is 52.8 Å². The Balaban J connectivity index is 2.21. The topological polar surface area (TPSA) is 66.9 Å². The third-order valence-electron chi connectivity index (χ3n) is 3.96. The summed E-state index contributed by atoms with van der Waals surface area (Å²) in [5, 5.41) is 0. The maximum atomic E-state index is 13.4. The van der Waals surface area contributed by atoms with Gasteiger partial charge in [0.05, 0.1) is 4.90 Å². The van der Waals surface area contributed by atoms with Crippen molar-refractivity contribution in [3.8, 4) is 0 Å². The smallest absolute Gasteiger partial charge is 0.410 e. The van der Waals surface area contributed by atoms with Crippen LogP contribution in [0.5, 0.6) is 0 Å². The molecule has 25 heavy (non-hydrogen) atoms. The lowest BCUT2D eigenvalue weighted by molar-refractivity contribution is 0.00190. The number of ether oxygens (including phenoxy) is 1. The molecule has 8 heteroatoms. The molecule has 1 fully saturated rings. The summed E-state index contributed by atoms with van der Waals surface area (Å²) in [7, 11) is -3.84. The molecule has 2 atom stereocenters. The third kappa shape index (κ3) is 4.49. The van der Waals surface area contributed by atoms with Crippen LogP contribution in [0.25, 0.3) is 0 Å². The van der Waals surface area contributed by atoms with Crippen LogP contribution in [0.1, 0.15) is 34.6 Å². The number of carbonyl (C=O) groups excluding carboxylic acids is 1. The Hall–Kier alpha value is -1.67. The van der Waals surface area contributed by atoms with Crippen molar-refractivity contribution in [1.29, 1.82) is 0 Å². The van der Waals surface area contributed by atoms with Crippen LogP contribution in [0.3, 0.4) is 0 Å². The van der Waals surface area contributed by atoms with Crippen LogP contribution in [0, 0.1) is 5.82 Å². The first kappa shape index (κ1) is 19.7. The van der Waals surface area contributed by atoms with Crippen LogP contribution in [-0.2, 0) is 14.8 Å². The second kappa shape index (κ2) is 6.92. The van der Waals surface area contributed by atoms with Crippen molar-refractivity contribution in [1.82, 2.24) is 9.21 Å². The minimum atomic E-state index is -3.84. The summed E-state index contributed by atoms with van der Waals surface area (Å²) in [6.45, 7) is 9.17. The molecule has 0 aliphatic carbocycles. The zero-order valence-corrected chi connectivity index (χ0v) is 16.0. The SMILES string of the molecule is C[C@@H]1CN(C(=O)OC(C)(C)C)[C@@H](C)CN1S(=O)(=O)c1cccc(F)c1. The van der Waals surface area contributed by atoms with Gasteiger partial charge in [0.15, 0.2) is 0 Å². The zero-order chi connectivity index (χ0) is 19.0. The van der Waals surface area contributed by atoms with Gasteiger partial charge < -0.3 is 9.64 Å². The number of amides is 1. The van der Waals surface area contributed by atoms with Crippen LogP contribution >= 0.6 is 0 Å². The molecule has 140 valence electrons. The molecule has 0 radical (unpaired) electrons. The van der Waals surface area contributed by atoms with E-state index >= 15 is 0 Å². The van der Waals surface area contributed by atoms with Gasteiger partial charge in [-0.1, -0.05) is 6.07 Å². The maximum absolute atomic E-state index is 13.4. The molecule has 6 nitrogen and oxygen atoms in total. The molecule has 1 aromatic carbocycles. The second-order valence-corrected chi connectivity index (χ2v) is 9.25. The van der Waals surface area contributed by atoms with Gasteiger partial charge in [0, 0.05) is 25.2 Å². The molecule has 0 saturated carbocycles. The van der Waals surface area contributed by atoms with Gasteiger partial charge in [-0.3, -0.25) is 0 Å². The molecule has 1 aromatic rings. The molecule has 0 N–H and O–H groups in total. The van der Waals surface area contributed by atoms with Gasteiger partial charge >= 0.3 is 6.09 Å². The first-order chi connectivity index (χ1) is 11.4. The maximum Gasteiger partial charge on any atom is 0.410 e. The van der Waals surface area contributed by atoms with Crippen LogP contribution in [0.15, 0.2) is 29.2 Å². The predicted molar refractivity (Wildman–Crippen MR) is 92.2 cm³/mol. The first-order valence-corrected chi connectivity index (χ1v) is 9.63. The highest BCUT2D eigenvalue weighted by Crippen LogP contribution is 2.25. The number of hydrogen-bond donors (Lipinski definition) is 0. The minimum absolute atomic E-state index is 0.0859. The average Bonchev–Trinajstić information content (AvgIpc) is 2.47. The third-order valence-corrected chi connectivity index (χ3v) is 5.94. The molecule has 0 bridgehead atoms. The van der Waals surface area contributed by atoms with Crippen molar-refractivity contribution < 1.29 is 22.3 Å². The highest BCUT2D eigenvalue weighted by atomic mass is 32.2. The lowest BCUT2D eigenvalue weighted by Crippen LogP contribution is -2.59. The average molecular weight is 372 g/mol. The fourth-order valence-electron chi connectivity index (χ4n) is 2.77. The van der Waals surface area contributed by atoms with E-state index in [1.807, 2.05) is 0 Å². The van der Waals surface area contributed by atoms with Crippen LogP contribution < -0.4 is 0 Å². The van der Waals surface area contributed by atoms with Crippen molar-refractivity contribution in [2.24, 2.45) is 0 Å². The number of piperazine rings is 1. The molecule has 1 aliphatic heterocycles. The summed E-state index contributed by atoms with van der Waals surface area (Å²) in [5.74, 6) is -0.603. The zero-order valence-electron chi connectivity index (χ0n) is 15.2. The van der Waals surface area contributed by atoms with E-state index in [0.717, 1.165) is 6.07 Å². The summed E-state index contributed by atoms with van der Waals surface area (Å²) >= 11 is 0. The molecule has 0 aromatic heterocycles. The lowest BCUT2D eigenvalue weighted by Gasteiger charge is -2.43. The fraction of sp³-hybridized carbons (Fsp3) is 0.588. The Labute approximate surface area is 148 Å². The van der Waals surface area contributed by atoms with Crippen LogP contribution in [0.2, 0.25) is 0 Å². The molecule has 0 spiro atoms. The fourth-order valence-corrected chi connectivity index (χ4v) is 4.50. The molecule has 1 saturated heterocycles. The Bertz CT molecular complexity index is 745. The van der Waals surface area contributed by atoms with E-state index in [1.54, 1.807) is 34.6 Å². The number of benzene rings is 1. The van der Waals surface area contributed by atoms with Gasteiger partial charge in [0.25, 0.3) is 0 Å². The van der Waals surface area contributed by atoms with Gasteiger partial charge in [-0.2, -0.15) is 4.31 Å². The first-order valence-electron chi connectivity index (χ1n) is 8.19. The van der Waals surface area contributed by atoms with E-state index in [1.165, 1.54) is 27.4 Å². The highest BCUT2D eigenvalue weighted by Gasteiger charge is 2.40. The van der Waals surface area contributed by atoms with E-state index in [4.69, 9.17) is 4.74 Å². The quantitative estimate of drug-likeness (QED) is 0.801.